The van der Waals surface area contributed by atoms with Crippen molar-refractivity contribution in [3.05, 3.63) is 0 Å². The van der Waals surface area contributed by atoms with E-state index in [2.05, 4.69) is 5.32 Å². The fraction of sp³-hybridized carbons (Fsp3) is 0.727. The number of carboxylic acids is 3. The molecule has 0 aromatic heterocycles. The number of aliphatic hydroxyl groups is 1. The summed E-state index contributed by atoms with van der Waals surface area (Å²) in [6.07, 6.45) is -0.684. The third-order valence-corrected chi connectivity index (χ3v) is 2.79. The van der Waals surface area contributed by atoms with Crippen LogP contribution in [0.3, 0.4) is 0 Å². The van der Waals surface area contributed by atoms with Gasteiger partial charge in [0.25, 0.3) is 0 Å². The van der Waals surface area contributed by atoms with E-state index in [0.29, 0.717) is 13.0 Å². The van der Waals surface area contributed by atoms with Gasteiger partial charge in [-0.1, -0.05) is 6.92 Å². The van der Waals surface area contributed by atoms with Crippen LogP contribution in [0.1, 0.15) is 19.8 Å². The van der Waals surface area contributed by atoms with E-state index < -0.39 is 52.3 Å². The molecule has 1 aliphatic rings. The summed E-state index contributed by atoms with van der Waals surface area (Å²) in [7, 11) is -0.576. The SMILES string of the molecule is CC[SiH2]O.N[C@@H](CC(=O)O)C(=O)O.O=C(O)[C@@H]1C[C@@H](O)CN1. The topological polar surface area (TPSA) is 190 Å². The van der Waals surface area contributed by atoms with Gasteiger partial charge in [-0.15, -0.1) is 0 Å². The van der Waals surface area contributed by atoms with Gasteiger partial charge in [-0.05, 0) is 6.04 Å². The molecular formula is C11H24N2O8Si. The molecule has 3 atom stereocenters. The molecule has 0 aromatic carbocycles. The molecule has 10 nitrogen and oxygen atoms in total. The molecule has 1 rings (SSSR count). The lowest BCUT2D eigenvalue weighted by molar-refractivity contribution is -0.144. The van der Waals surface area contributed by atoms with Crippen LogP contribution < -0.4 is 11.1 Å². The van der Waals surface area contributed by atoms with Crippen LogP contribution in [0.15, 0.2) is 0 Å². The molecule has 0 spiro atoms. The summed E-state index contributed by atoms with van der Waals surface area (Å²) >= 11 is 0. The number of hydrogen-bond acceptors (Lipinski definition) is 7. The lowest BCUT2D eigenvalue weighted by Gasteiger charge is -1.99. The van der Waals surface area contributed by atoms with Crippen molar-refractivity contribution in [3.63, 3.8) is 0 Å². The minimum absolute atomic E-state index is 0.329. The Balaban J connectivity index is 0. The summed E-state index contributed by atoms with van der Waals surface area (Å²) in [6, 6.07) is -0.817. The minimum atomic E-state index is -1.29. The second kappa shape index (κ2) is 13.2. The molecule has 0 unspecified atom stereocenters. The van der Waals surface area contributed by atoms with Crippen LogP contribution in [0.4, 0.5) is 0 Å². The monoisotopic (exact) mass is 340 g/mol. The number of nitrogens with two attached hydrogens (primary N) is 1. The molecule has 0 bridgehead atoms. The van der Waals surface area contributed by atoms with Gasteiger partial charge in [0.05, 0.1) is 12.5 Å². The first-order valence-electron chi connectivity index (χ1n) is 6.60. The Kier molecular flexibility index (Phi) is 13.6. The molecule has 1 saturated heterocycles. The Morgan fingerprint density at radius 3 is 1.95 bits per heavy atom. The maximum absolute atomic E-state index is 10.2. The highest BCUT2D eigenvalue weighted by atomic mass is 28.2. The normalized spacial score (nSPS) is 21.3. The highest BCUT2D eigenvalue weighted by Gasteiger charge is 2.27. The summed E-state index contributed by atoms with van der Waals surface area (Å²) in [5.74, 6) is -3.38. The van der Waals surface area contributed by atoms with Gasteiger partial charge in [0.1, 0.15) is 12.1 Å². The number of carboxylic acid groups (broad SMARTS) is 3. The Bertz CT molecular complexity index is 353. The van der Waals surface area contributed by atoms with Crippen molar-refractivity contribution in [3.8, 4) is 0 Å². The molecule has 1 heterocycles. The molecule has 22 heavy (non-hydrogen) atoms. The smallest absolute Gasteiger partial charge is 0.321 e. The zero-order valence-corrected chi connectivity index (χ0v) is 13.7. The maximum atomic E-state index is 10.2. The van der Waals surface area contributed by atoms with E-state index in [1.807, 2.05) is 6.92 Å². The molecule has 8 N–H and O–H groups in total. The maximum Gasteiger partial charge on any atom is 0.321 e. The first-order chi connectivity index (χ1) is 10.1. The zero-order chi connectivity index (χ0) is 17.7. The van der Waals surface area contributed by atoms with Crippen LogP contribution in [0.25, 0.3) is 0 Å². The average Bonchev–Trinajstić information content (AvgIpc) is 2.86. The second-order valence-electron chi connectivity index (χ2n) is 4.45. The van der Waals surface area contributed by atoms with Crippen LogP contribution in [0.2, 0.25) is 6.04 Å². The van der Waals surface area contributed by atoms with Crippen molar-refractivity contribution in [1.29, 1.82) is 0 Å². The molecule has 0 saturated carbocycles. The molecule has 0 aromatic rings. The lowest BCUT2D eigenvalue weighted by Crippen LogP contribution is -2.32. The van der Waals surface area contributed by atoms with E-state index in [4.69, 9.17) is 31.0 Å². The van der Waals surface area contributed by atoms with Crippen molar-refractivity contribution >= 4 is 27.7 Å². The van der Waals surface area contributed by atoms with Crippen LogP contribution in [0, 0.1) is 0 Å². The third kappa shape index (κ3) is 13.4. The van der Waals surface area contributed by atoms with E-state index >= 15 is 0 Å². The van der Waals surface area contributed by atoms with Gasteiger partial charge < -0.3 is 36.3 Å². The molecule has 0 radical (unpaired) electrons. The van der Waals surface area contributed by atoms with E-state index in [9.17, 15) is 14.4 Å². The van der Waals surface area contributed by atoms with Crippen molar-refractivity contribution in [2.45, 2.75) is 44.0 Å². The van der Waals surface area contributed by atoms with Crippen LogP contribution >= 0.6 is 0 Å². The second-order valence-corrected chi connectivity index (χ2v) is 5.90. The zero-order valence-electron chi connectivity index (χ0n) is 12.3. The van der Waals surface area contributed by atoms with Crippen molar-refractivity contribution in [1.82, 2.24) is 5.32 Å². The molecule has 1 aliphatic heterocycles. The van der Waals surface area contributed by atoms with Crippen LogP contribution in [-0.4, -0.2) is 77.6 Å². The largest absolute Gasteiger partial charge is 0.481 e. The number of hydrogen-bond donors (Lipinski definition) is 7. The quantitative estimate of drug-likeness (QED) is 0.257. The van der Waals surface area contributed by atoms with Gasteiger partial charge >= 0.3 is 17.9 Å². The van der Waals surface area contributed by atoms with Gasteiger partial charge in [0.2, 0.25) is 0 Å². The molecule has 1 fully saturated rings. The first-order valence-corrected chi connectivity index (χ1v) is 8.24. The van der Waals surface area contributed by atoms with E-state index in [0.717, 1.165) is 6.04 Å². The number of rotatable bonds is 5. The van der Waals surface area contributed by atoms with E-state index in [1.54, 1.807) is 0 Å². The van der Waals surface area contributed by atoms with Crippen molar-refractivity contribution in [2.24, 2.45) is 5.73 Å². The van der Waals surface area contributed by atoms with E-state index in [-0.39, 0.29) is 0 Å². The Labute approximate surface area is 129 Å². The highest BCUT2D eigenvalue weighted by Crippen LogP contribution is 2.05. The number of nitrogens with one attached hydrogen (secondary N) is 1. The first kappa shape index (κ1) is 22.7. The fourth-order valence-electron chi connectivity index (χ4n) is 1.18. The molecular weight excluding hydrogens is 316 g/mol. The summed E-state index contributed by atoms with van der Waals surface area (Å²) in [5.41, 5.74) is 4.84. The van der Waals surface area contributed by atoms with Gasteiger partial charge in [-0.3, -0.25) is 14.4 Å². The molecule has 0 aliphatic carbocycles. The lowest BCUT2D eigenvalue weighted by atomic mass is 10.2. The van der Waals surface area contributed by atoms with Crippen molar-refractivity contribution < 1.29 is 39.6 Å². The van der Waals surface area contributed by atoms with Gasteiger partial charge in [0, 0.05) is 13.0 Å². The van der Waals surface area contributed by atoms with Gasteiger partial charge in [-0.2, -0.15) is 0 Å². The number of aliphatic hydroxyl groups excluding tert-OH is 1. The highest BCUT2D eigenvalue weighted by molar-refractivity contribution is 6.24. The van der Waals surface area contributed by atoms with E-state index in [1.165, 1.54) is 0 Å². The predicted octanol–water partition coefficient (Wildman–Crippen LogP) is -2.83. The Hall–Kier alpha value is -1.53. The summed E-state index contributed by atoms with van der Waals surface area (Å²) < 4.78 is 0. The Morgan fingerprint density at radius 2 is 1.82 bits per heavy atom. The molecule has 130 valence electrons. The minimum Gasteiger partial charge on any atom is -0.481 e. The van der Waals surface area contributed by atoms with Gasteiger partial charge in [-0.25, -0.2) is 0 Å². The van der Waals surface area contributed by atoms with Crippen molar-refractivity contribution in [2.75, 3.05) is 6.54 Å². The summed E-state index contributed by atoms with van der Waals surface area (Å²) in [5, 5.41) is 35.9. The van der Waals surface area contributed by atoms with Gasteiger partial charge in [0.15, 0.2) is 9.76 Å². The predicted molar refractivity (Wildman–Crippen MR) is 79.2 cm³/mol. The summed E-state index contributed by atoms with van der Waals surface area (Å²) in [4.78, 5) is 37.8. The number of carbonyl (C=O) groups is 3. The Morgan fingerprint density at radius 1 is 1.32 bits per heavy atom. The van der Waals surface area contributed by atoms with Crippen LogP contribution in [0.5, 0.6) is 0 Å². The molecule has 0 amide bonds. The average molecular weight is 340 g/mol. The standard InChI is InChI=1S/C5H9NO3.C4H7NO4.C2H8OSi/c7-3-1-4(5(8)9)6-2-3;5-2(4(8)9)1-3(6)7;1-2-4-3/h3-4,6-7H,1-2H2,(H,8,9);2H,1,5H2,(H,6,7)(H,8,9);3H,2,4H2,1H3/t3-,4+;2-;/m10./s1. The third-order valence-electron chi connectivity index (χ3n) is 2.34. The number of aliphatic carboxylic acids is 3. The summed E-state index contributed by atoms with van der Waals surface area (Å²) in [6.45, 7) is 2.39. The molecule has 11 heteroatoms. The number of β-amino-alcohol motifs (C(OH)–C–C–N with tert-alkyl or cyclic N) is 1. The van der Waals surface area contributed by atoms with Crippen LogP contribution in [-0.2, 0) is 14.4 Å². The fourth-order valence-corrected chi connectivity index (χ4v) is 1.18.